The number of aliphatic carboxylic acids is 2. The largest absolute Gasteiger partial charge is 0.490 e. The Hall–Kier alpha value is -4.48. The molecule has 4 heterocycles. The predicted molar refractivity (Wildman–Crippen MR) is 122 cm³/mol. The van der Waals surface area contributed by atoms with Crippen molar-refractivity contribution in [1.29, 1.82) is 0 Å². The lowest BCUT2D eigenvalue weighted by atomic mass is 10.3. The maximum absolute atomic E-state index is 12.1. The van der Waals surface area contributed by atoms with Crippen LogP contribution in [0.25, 0.3) is 0 Å². The fourth-order valence-corrected chi connectivity index (χ4v) is 3.11. The van der Waals surface area contributed by atoms with E-state index in [1.165, 1.54) is 0 Å². The van der Waals surface area contributed by atoms with Crippen molar-refractivity contribution in [3.63, 3.8) is 0 Å². The van der Waals surface area contributed by atoms with Gasteiger partial charge in [-0.05, 0) is 12.1 Å². The second-order valence-corrected chi connectivity index (χ2v) is 8.06. The molecule has 0 spiro atoms. The summed E-state index contributed by atoms with van der Waals surface area (Å²) in [5.74, 6) is -4.63. The van der Waals surface area contributed by atoms with E-state index in [9.17, 15) is 31.1 Å². The van der Waals surface area contributed by atoms with Crippen molar-refractivity contribution in [2.45, 2.75) is 38.5 Å². The molecule has 1 amide bonds. The van der Waals surface area contributed by atoms with Gasteiger partial charge in [-0.1, -0.05) is 6.07 Å². The van der Waals surface area contributed by atoms with Gasteiger partial charge < -0.3 is 20.1 Å². The lowest BCUT2D eigenvalue weighted by Gasteiger charge is -2.27. The van der Waals surface area contributed by atoms with Crippen LogP contribution in [-0.2, 0) is 42.8 Å². The summed E-state index contributed by atoms with van der Waals surface area (Å²) < 4.78 is 67.3. The number of pyridine rings is 1. The maximum Gasteiger partial charge on any atom is 0.490 e. The monoisotopic (exact) mass is 579 g/mol. The highest BCUT2D eigenvalue weighted by atomic mass is 19.4. The standard InChI is InChI=1S/C18H21N7O.2C2HF3O2/c1-23-10-14(8-21-23)18(26)20-9-16-12-25-7-6-24(13-17(25)22-16)11-15-4-2-3-5-19-15;2*3-2(4,5)1(6)7/h2-5,8,10,12H,6-7,9,11,13H2,1H3,(H,20,26);2*(H,6,7). The minimum Gasteiger partial charge on any atom is -0.475 e. The Labute approximate surface area is 221 Å². The molecule has 0 unspecified atom stereocenters. The number of carbonyl (C=O) groups is 3. The summed E-state index contributed by atoms with van der Waals surface area (Å²) in [5, 5.41) is 21.2. The van der Waals surface area contributed by atoms with Gasteiger partial charge in [0.05, 0.1) is 36.2 Å². The third-order valence-electron chi connectivity index (χ3n) is 4.93. The Morgan fingerprint density at radius 3 is 2.10 bits per heavy atom. The van der Waals surface area contributed by atoms with Crippen molar-refractivity contribution in [2.24, 2.45) is 7.05 Å². The fraction of sp³-hybridized carbons (Fsp3) is 0.364. The van der Waals surface area contributed by atoms with Gasteiger partial charge in [0.15, 0.2) is 0 Å². The first-order valence-corrected chi connectivity index (χ1v) is 11.1. The molecule has 0 fully saturated rings. The van der Waals surface area contributed by atoms with E-state index in [2.05, 4.69) is 29.9 Å². The smallest absolute Gasteiger partial charge is 0.475 e. The van der Waals surface area contributed by atoms with E-state index < -0.39 is 24.3 Å². The van der Waals surface area contributed by atoms with E-state index in [0.29, 0.717) is 12.1 Å². The number of hydrogen-bond acceptors (Lipinski definition) is 7. The molecule has 18 heteroatoms. The Kier molecular flexibility index (Phi) is 10.7. The lowest BCUT2D eigenvalue weighted by molar-refractivity contribution is -0.193. The zero-order chi connectivity index (χ0) is 30.1. The van der Waals surface area contributed by atoms with Gasteiger partial charge in [-0.2, -0.15) is 31.4 Å². The number of carbonyl (C=O) groups excluding carboxylic acids is 1. The predicted octanol–water partition coefficient (Wildman–Crippen LogP) is 2.22. The number of fused-ring (bicyclic) bond motifs is 1. The summed E-state index contributed by atoms with van der Waals surface area (Å²) in [6.07, 6.45) is -3.06. The van der Waals surface area contributed by atoms with E-state index in [-0.39, 0.29) is 5.91 Å². The Bertz CT molecular complexity index is 1270. The number of rotatable bonds is 5. The van der Waals surface area contributed by atoms with Crippen LogP contribution in [0.4, 0.5) is 26.3 Å². The first kappa shape index (κ1) is 31.7. The summed E-state index contributed by atoms with van der Waals surface area (Å²) in [5.41, 5.74) is 2.49. The minimum atomic E-state index is -5.08. The van der Waals surface area contributed by atoms with E-state index >= 15 is 0 Å². The average Bonchev–Trinajstić information content (AvgIpc) is 3.48. The number of amides is 1. The van der Waals surface area contributed by atoms with Crippen molar-refractivity contribution < 1.29 is 50.9 Å². The maximum atomic E-state index is 12.1. The molecule has 3 aromatic heterocycles. The molecule has 3 aromatic rings. The molecule has 1 aliphatic heterocycles. The van der Waals surface area contributed by atoms with Gasteiger partial charge >= 0.3 is 24.3 Å². The number of nitrogens with zero attached hydrogens (tertiary/aromatic N) is 6. The Morgan fingerprint density at radius 2 is 1.60 bits per heavy atom. The van der Waals surface area contributed by atoms with Crippen LogP contribution in [0.15, 0.2) is 43.0 Å². The topological polar surface area (TPSA) is 155 Å². The highest BCUT2D eigenvalue weighted by Gasteiger charge is 2.38. The number of aromatic nitrogens is 5. The highest BCUT2D eigenvalue weighted by Crippen LogP contribution is 2.16. The van der Waals surface area contributed by atoms with Gasteiger partial charge in [0.25, 0.3) is 5.91 Å². The molecule has 218 valence electrons. The number of carboxylic acid groups (broad SMARTS) is 2. The van der Waals surface area contributed by atoms with E-state index in [1.807, 2.05) is 30.6 Å². The third-order valence-corrected chi connectivity index (χ3v) is 4.93. The van der Waals surface area contributed by atoms with Crippen LogP contribution >= 0.6 is 0 Å². The quantitative estimate of drug-likeness (QED) is 0.386. The molecule has 0 saturated carbocycles. The van der Waals surface area contributed by atoms with Crippen molar-refractivity contribution in [3.8, 4) is 0 Å². The molecule has 12 nitrogen and oxygen atoms in total. The van der Waals surface area contributed by atoms with Gasteiger partial charge in [-0.15, -0.1) is 0 Å². The second-order valence-electron chi connectivity index (χ2n) is 8.06. The molecule has 0 atom stereocenters. The SMILES string of the molecule is Cn1cc(C(=O)NCc2cn3c(n2)CN(Cc2ccccn2)CC3)cn1.O=C(O)C(F)(F)F.O=C(O)C(F)(F)F. The van der Waals surface area contributed by atoms with Crippen LogP contribution in [0.1, 0.15) is 27.6 Å². The number of carboxylic acids is 2. The highest BCUT2D eigenvalue weighted by molar-refractivity contribution is 5.93. The molecule has 0 bridgehead atoms. The van der Waals surface area contributed by atoms with Gasteiger partial charge in [0.2, 0.25) is 0 Å². The van der Waals surface area contributed by atoms with Gasteiger partial charge in [0.1, 0.15) is 5.82 Å². The van der Waals surface area contributed by atoms with E-state index in [4.69, 9.17) is 19.8 Å². The summed E-state index contributed by atoms with van der Waals surface area (Å²) in [6, 6.07) is 5.98. The fourth-order valence-electron chi connectivity index (χ4n) is 3.11. The van der Waals surface area contributed by atoms with Crippen LogP contribution in [0, 0.1) is 0 Å². The molecule has 40 heavy (non-hydrogen) atoms. The summed E-state index contributed by atoms with van der Waals surface area (Å²) in [7, 11) is 1.79. The van der Waals surface area contributed by atoms with Crippen LogP contribution in [-0.4, -0.2) is 76.2 Å². The number of nitrogens with one attached hydrogen (secondary N) is 1. The van der Waals surface area contributed by atoms with Crippen molar-refractivity contribution in [1.82, 2.24) is 34.5 Å². The lowest BCUT2D eigenvalue weighted by Crippen LogP contribution is -2.33. The zero-order valence-electron chi connectivity index (χ0n) is 20.6. The third kappa shape index (κ3) is 10.4. The summed E-state index contributed by atoms with van der Waals surface area (Å²) in [4.78, 5) is 41.3. The van der Waals surface area contributed by atoms with Crippen LogP contribution in [0.5, 0.6) is 0 Å². The zero-order valence-corrected chi connectivity index (χ0v) is 20.6. The number of alkyl halides is 6. The Balaban J connectivity index is 0.000000333. The summed E-state index contributed by atoms with van der Waals surface area (Å²) >= 11 is 0. The first-order valence-electron chi connectivity index (χ1n) is 11.1. The number of halogens is 6. The molecule has 0 radical (unpaired) electrons. The Morgan fingerprint density at radius 1 is 0.975 bits per heavy atom. The molecule has 0 aliphatic carbocycles. The van der Waals surface area contributed by atoms with Crippen molar-refractivity contribution in [2.75, 3.05) is 6.54 Å². The second kappa shape index (κ2) is 13.5. The molecule has 0 saturated heterocycles. The van der Waals surface area contributed by atoms with Crippen LogP contribution in [0.3, 0.4) is 0 Å². The molecule has 1 aliphatic rings. The molecular weight excluding hydrogens is 556 g/mol. The van der Waals surface area contributed by atoms with Gasteiger partial charge in [-0.25, -0.2) is 14.6 Å². The van der Waals surface area contributed by atoms with E-state index in [1.54, 1.807) is 24.1 Å². The molecule has 0 aromatic carbocycles. The molecule has 4 rings (SSSR count). The first-order chi connectivity index (χ1) is 18.6. The average molecular weight is 579 g/mol. The van der Waals surface area contributed by atoms with Crippen LogP contribution in [0.2, 0.25) is 0 Å². The molecular formula is C22H23F6N7O5. The van der Waals surface area contributed by atoms with Crippen molar-refractivity contribution in [3.05, 3.63) is 65.8 Å². The molecule has 3 N–H and O–H groups in total. The number of imidazole rings is 1. The number of aryl methyl sites for hydroxylation is 1. The summed E-state index contributed by atoms with van der Waals surface area (Å²) in [6.45, 7) is 3.87. The van der Waals surface area contributed by atoms with E-state index in [0.717, 1.165) is 43.4 Å². The van der Waals surface area contributed by atoms with Gasteiger partial charge in [0, 0.05) is 45.3 Å². The van der Waals surface area contributed by atoms with Crippen molar-refractivity contribution >= 4 is 17.8 Å². The normalized spacial score (nSPS) is 13.2. The van der Waals surface area contributed by atoms with Crippen LogP contribution < -0.4 is 5.32 Å². The number of hydrogen-bond donors (Lipinski definition) is 3. The van der Waals surface area contributed by atoms with Gasteiger partial charge in [-0.3, -0.25) is 19.4 Å². The minimum absolute atomic E-state index is 0.138.